The molecule has 0 fully saturated rings. The summed E-state index contributed by atoms with van der Waals surface area (Å²) < 4.78 is 5.15. The van der Waals surface area contributed by atoms with Crippen LogP contribution in [-0.2, 0) is 21.5 Å². The third-order valence-corrected chi connectivity index (χ3v) is 3.14. The standard InChI is InChI=1S/C14H18N2O4/c1-13(2,3)20-12(19)16-14(11(17)18)7-6-9-5-4-8-15-10(9)14/h4-5,8H,6-7H2,1-3H3,(H,16,19)(H,17,18). The zero-order valence-corrected chi connectivity index (χ0v) is 11.8. The van der Waals surface area contributed by atoms with E-state index in [1.807, 2.05) is 6.07 Å². The lowest BCUT2D eigenvalue weighted by atomic mass is 9.96. The van der Waals surface area contributed by atoms with Crippen LogP contribution in [0.5, 0.6) is 0 Å². The third-order valence-electron chi connectivity index (χ3n) is 3.14. The van der Waals surface area contributed by atoms with Gasteiger partial charge in [-0.15, -0.1) is 0 Å². The Morgan fingerprint density at radius 3 is 2.75 bits per heavy atom. The molecule has 0 bridgehead atoms. The normalized spacial score (nSPS) is 21.1. The van der Waals surface area contributed by atoms with Crippen molar-refractivity contribution < 1.29 is 19.4 Å². The molecule has 0 aliphatic heterocycles. The minimum Gasteiger partial charge on any atom is -0.479 e. The zero-order valence-electron chi connectivity index (χ0n) is 11.8. The molecule has 1 aliphatic rings. The smallest absolute Gasteiger partial charge is 0.408 e. The van der Waals surface area contributed by atoms with Gasteiger partial charge < -0.3 is 9.84 Å². The fourth-order valence-corrected chi connectivity index (χ4v) is 2.33. The summed E-state index contributed by atoms with van der Waals surface area (Å²) in [5, 5.41) is 12.0. The maximum atomic E-state index is 11.9. The number of fused-ring (bicyclic) bond motifs is 1. The van der Waals surface area contributed by atoms with Gasteiger partial charge >= 0.3 is 12.1 Å². The van der Waals surface area contributed by atoms with Crippen molar-refractivity contribution in [2.75, 3.05) is 0 Å². The van der Waals surface area contributed by atoms with Crippen molar-refractivity contribution in [2.24, 2.45) is 0 Å². The van der Waals surface area contributed by atoms with Crippen LogP contribution >= 0.6 is 0 Å². The van der Waals surface area contributed by atoms with Crippen LogP contribution in [0.15, 0.2) is 18.3 Å². The Hall–Kier alpha value is -2.11. The highest BCUT2D eigenvalue weighted by molar-refractivity contribution is 5.86. The molecule has 1 aromatic rings. The van der Waals surface area contributed by atoms with Gasteiger partial charge in [0.25, 0.3) is 0 Å². The molecule has 1 aliphatic carbocycles. The van der Waals surface area contributed by atoms with Gasteiger partial charge in [-0.1, -0.05) is 6.07 Å². The van der Waals surface area contributed by atoms with E-state index < -0.39 is 23.2 Å². The number of carbonyl (C=O) groups excluding carboxylic acids is 1. The Morgan fingerprint density at radius 2 is 2.15 bits per heavy atom. The lowest BCUT2D eigenvalue weighted by Crippen LogP contribution is -2.52. The summed E-state index contributed by atoms with van der Waals surface area (Å²) in [6.45, 7) is 5.17. The molecule has 1 aromatic heterocycles. The van der Waals surface area contributed by atoms with Crippen molar-refractivity contribution in [1.29, 1.82) is 0 Å². The van der Waals surface area contributed by atoms with E-state index >= 15 is 0 Å². The van der Waals surface area contributed by atoms with Crippen LogP contribution in [0.25, 0.3) is 0 Å². The molecule has 20 heavy (non-hydrogen) atoms. The monoisotopic (exact) mass is 278 g/mol. The fourth-order valence-electron chi connectivity index (χ4n) is 2.33. The molecule has 1 unspecified atom stereocenters. The van der Waals surface area contributed by atoms with Crippen LogP contribution in [0.2, 0.25) is 0 Å². The van der Waals surface area contributed by atoms with Gasteiger partial charge in [-0.25, -0.2) is 9.59 Å². The molecule has 2 N–H and O–H groups in total. The average molecular weight is 278 g/mol. The lowest BCUT2D eigenvalue weighted by molar-refractivity contribution is -0.145. The van der Waals surface area contributed by atoms with Crippen LogP contribution in [0.3, 0.4) is 0 Å². The van der Waals surface area contributed by atoms with E-state index in [9.17, 15) is 14.7 Å². The van der Waals surface area contributed by atoms with Crippen molar-refractivity contribution in [1.82, 2.24) is 10.3 Å². The highest BCUT2D eigenvalue weighted by atomic mass is 16.6. The first-order chi connectivity index (χ1) is 9.24. The first kappa shape index (κ1) is 14.3. The number of carboxylic acids is 1. The van der Waals surface area contributed by atoms with Crippen molar-refractivity contribution in [2.45, 2.75) is 44.8 Å². The number of pyridine rings is 1. The molecule has 0 radical (unpaired) electrons. The number of rotatable bonds is 2. The molecule has 0 aromatic carbocycles. The minimum atomic E-state index is -1.50. The third kappa shape index (κ3) is 2.59. The summed E-state index contributed by atoms with van der Waals surface area (Å²) in [6.07, 6.45) is 1.61. The molecule has 6 heteroatoms. The van der Waals surface area contributed by atoms with Crippen molar-refractivity contribution >= 4 is 12.1 Å². The number of alkyl carbamates (subject to hydrolysis) is 1. The van der Waals surface area contributed by atoms with E-state index in [4.69, 9.17) is 4.74 Å². The van der Waals surface area contributed by atoms with E-state index in [1.165, 1.54) is 6.20 Å². The second-order valence-electron chi connectivity index (χ2n) is 5.85. The van der Waals surface area contributed by atoms with E-state index in [0.29, 0.717) is 12.1 Å². The van der Waals surface area contributed by atoms with Gasteiger partial charge in [-0.2, -0.15) is 0 Å². The molecule has 0 saturated heterocycles. The van der Waals surface area contributed by atoms with E-state index in [0.717, 1.165) is 5.56 Å². The number of amides is 1. The number of aryl methyl sites for hydroxylation is 1. The molecular weight excluding hydrogens is 260 g/mol. The number of ether oxygens (including phenoxy) is 1. The Balaban J connectivity index is 2.30. The SMILES string of the molecule is CC(C)(C)OC(=O)NC1(C(=O)O)CCc2cccnc21. The summed E-state index contributed by atoms with van der Waals surface area (Å²) in [6, 6.07) is 3.58. The van der Waals surface area contributed by atoms with Crippen LogP contribution in [0, 0.1) is 0 Å². The summed E-state index contributed by atoms with van der Waals surface area (Å²) >= 11 is 0. The van der Waals surface area contributed by atoms with Gasteiger partial charge in [0.2, 0.25) is 0 Å². The van der Waals surface area contributed by atoms with Crippen molar-refractivity contribution in [3.05, 3.63) is 29.6 Å². The van der Waals surface area contributed by atoms with E-state index in [2.05, 4.69) is 10.3 Å². The number of nitrogens with one attached hydrogen (secondary N) is 1. The number of aromatic nitrogens is 1. The first-order valence-electron chi connectivity index (χ1n) is 6.43. The quantitative estimate of drug-likeness (QED) is 0.861. The number of aliphatic carboxylic acids is 1. The van der Waals surface area contributed by atoms with Gasteiger partial charge in [0, 0.05) is 6.20 Å². The highest BCUT2D eigenvalue weighted by Gasteiger charge is 2.49. The lowest BCUT2D eigenvalue weighted by Gasteiger charge is -2.28. The predicted octanol–water partition coefficient (Wildman–Crippen LogP) is 1.83. The molecule has 1 atom stereocenters. The Labute approximate surface area is 117 Å². The molecule has 6 nitrogen and oxygen atoms in total. The predicted molar refractivity (Wildman–Crippen MR) is 71.2 cm³/mol. The Morgan fingerprint density at radius 1 is 1.45 bits per heavy atom. The fraction of sp³-hybridized carbons (Fsp3) is 0.500. The second-order valence-corrected chi connectivity index (χ2v) is 5.85. The molecule has 108 valence electrons. The van der Waals surface area contributed by atoms with Crippen LogP contribution in [-0.4, -0.2) is 27.8 Å². The number of hydrogen-bond acceptors (Lipinski definition) is 4. The molecule has 2 rings (SSSR count). The summed E-state index contributed by atoms with van der Waals surface area (Å²) in [5.74, 6) is -1.12. The van der Waals surface area contributed by atoms with Gasteiger partial charge in [0.1, 0.15) is 5.60 Å². The van der Waals surface area contributed by atoms with Crippen LogP contribution in [0.4, 0.5) is 4.79 Å². The van der Waals surface area contributed by atoms with Gasteiger partial charge in [-0.3, -0.25) is 10.3 Å². The maximum Gasteiger partial charge on any atom is 0.408 e. The van der Waals surface area contributed by atoms with Gasteiger partial charge in [0.15, 0.2) is 5.54 Å². The number of nitrogens with zero attached hydrogens (tertiary/aromatic N) is 1. The first-order valence-corrected chi connectivity index (χ1v) is 6.43. The molecule has 0 spiro atoms. The largest absolute Gasteiger partial charge is 0.479 e. The van der Waals surface area contributed by atoms with Crippen LogP contribution in [0.1, 0.15) is 38.4 Å². The van der Waals surface area contributed by atoms with Gasteiger partial charge in [-0.05, 0) is 45.2 Å². The number of carboxylic acid groups (broad SMARTS) is 1. The zero-order chi connectivity index (χ0) is 15.0. The highest BCUT2D eigenvalue weighted by Crippen LogP contribution is 2.35. The van der Waals surface area contributed by atoms with Crippen molar-refractivity contribution in [3.8, 4) is 0 Å². The van der Waals surface area contributed by atoms with E-state index in [-0.39, 0.29) is 6.42 Å². The Kier molecular flexibility index (Phi) is 3.41. The molecule has 1 heterocycles. The van der Waals surface area contributed by atoms with Crippen molar-refractivity contribution in [3.63, 3.8) is 0 Å². The van der Waals surface area contributed by atoms with Crippen LogP contribution < -0.4 is 5.32 Å². The second kappa shape index (κ2) is 4.77. The maximum absolute atomic E-state index is 11.9. The van der Waals surface area contributed by atoms with Gasteiger partial charge in [0.05, 0.1) is 5.69 Å². The van der Waals surface area contributed by atoms with E-state index in [1.54, 1.807) is 26.8 Å². The summed E-state index contributed by atoms with van der Waals surface area (Å²) in [5.41, 5.74) is -0.960. The Bertz CT molecular complexity index is 550. The number of hydrogen-bond donors (Lipinski definition) is 2. The number of carbonyl (C=O) groups is 2. The topological polar surface area (TPSA) is 88.5 Å². The molecule has 1 amide bonds. The average Bonchev–Trinajstić information content (AvgIpc) is 2.67. The summed E-state index contributed by atoms with van der Waals surface area (Å²) in [4.78, 5) is 27.7. The molecular formula is C14H18N2O4. The summed E-state index contributed by atoms with van der Waals surface area (Å²) in [7, 11) is 0. The molecule has 0 saturated carbocycles. The minimum absolute atomic E-state index is 0.272.